The smallest absolute Gasteiger partial charge is 0.280 e. The number of carbonyl (C=O) groups excluding carboxylic acids is 1. The third-order valence-corrected chi connectivity index (χ3v) is 5.56. The third kappa shape index (κ3) is 2.53. The first kappa shape index (κ1) is 15.9. The summed E-state index contributed by atoms with van der Waals surface area (Å²) < 4.78 is 10.9. The lowest BCUT2D eigenvalue weighted by atomic mass is 9.95. The fourth-order valence-electron chi connectivity index (χ4n) is 3.23. The average Bonchev–Trinajstić information content (AvgIpc) is 3.26. The van der Waals surface area contributed by atoms with Crippen LogP contribution in [0, 0.1) is 6.92 Å². The minimum Gasteiger partial charge on any atom is -0.495 e. The lowest BCUT2D eigenvalue weighted by Crippen LogP contribution is -2.28. The molecule has 0 aliphatic heterocycles. The molecule has 0 spiro atoms. The van der Waals surface area contributed by atoms with Gasteiger partial charge in [-0.1, -0.05) is 11.2 Å². The van der Waals surface area contributed by atoms with Gasteiger partial charge in [0.2, 0.25) is 0 Å². The number of hydrogen-bond acceptors (Lipinski definition) is 5. The van der Waals surface area contributed by atoms with Gasteiger partial charge in [0.1, 0.15) is 5.75 Å². The van der Waals surface area contributed by atoms with Crippen LogP contribution in [0.5, 0.6) is 5.75 Å². The summed E-state index contributed by atoms with van der Waals surface area (Å²) in [6.07, 6.45) is 1.69. The summed E-state index contributed by atoms with van der Waals surface area (Å²) in [5, 5.41) is 6.15. The van der Waals surface area contributed by atoms with Gasteiger partial charge in [0, 0.05) is 23.1 Å². The minimum atomic E-state index is -0.187. The molecule has 0 saturated carbocycles. The van der Waals surface area contributed by atoms with Crippen molar-refractivity contribution in [3.05, 3.63) is 51.3 Å². The second kappa shape index (κ2) is 6.04. The molecule has 4 rings (SSSR count). The molecule has 1 aliphatic rings. The number of thiophene rings is 1. The summed E-state index contributed by atoms with van der Waals surface area (Å²) in [6.45, 7) is 1.98. The highest BCUT2D eigenvalue weighted by Gasteiger charge is 2.30. The first-order valence-corrected chi connectivity index (χ1v) is 8.96. The number of aryl methyl sites for hydroxylation is 2. The van der Waals surface area contributed by atoms with Crippen molar-refractivity contribution in [2.75, 3.05) is 19.1 Å². The normalized spacial score (nSPS) is 12.4. The maximum Gasteiger partial charge on any atom is 0.280 e. The van der Waals surface area contributed by atoms with E-state index in [1.165, 1.54) is 4.88 Å². The van der Waals surface area contributed by atoms with E-state index in [2.05, 4.69) is 5.16 Å². The van der Waals surface area contributed by atoms with E-state index < -0.39 is 0 Å². The second-order valence-corrected chi connectivity index (χ2v) is 7.14. The molecule has 0 fully saturated rings. The van der Waals surface area contributed by atoms with E-state index in [-0.39, 0.29) is 5.91 Å². The van der Waals surface area contributed by atoms with Crippen LogP contribution < -0.4 is 9.64 Å². The van der Waals surface area contributed by atoms with Crippen molar-refractivity contribution < 1.29 is 14.1 Å². The molecule has 2 aromatic heterocycles. The Bertz CT molecular complexity index is 957. The zero-order valence-electron chi connectivity index (χ0n) is 14.3. The number of amides is 1. The first-order chi connectivity index (χ1) is 12.1. The molecule has 1 aliphatic carbocycles. The van der Waals surface area contributed by atoms with E-state index in [1.807, 2.05) is 36.6 Å². The van der Waals surface area contributed by atoms with E-state index in [0.717, 1.165) is 41.0 Å². The molecule has 2 heterocycles. The SMILES string of the molecule is COc1ccc(C)cc1N(C)C(=O)c1noc2c1CCc1sccc1-2. The Morgan fingerprint density at radius 2 is 2.16 bits per heavy atom. The van der Waals surface area contributed by atoms with Crippen LogP contribution in [-0.4, -0.2) is 25.2 Å². The minimum absolute atomic E-state index is 0.187. The van der Waals surface area contributed by atoms with Crippen LogP contribution in [0.15, 0.2) is 34.2 Å². The molecule has 6 heteroatoms. The highest BCUT2D eigenvalue weighted by molar-refractivity contribution is 7.10. The van der Waals surface area contributed by atoms with Crippen LogP contribution in [0.1, 0.15) is 26.5 Å². The van der Waals surface area contributed by atoms with Crippen molar-refractivity contribution in [1.29, 1.82) is 0 Å². The van der Waals surface area contributed by atoms with Crippen molar-refractivity contribution in [1.82, 2.24) is 5.16 Å². The first-order valence-electron chi connectivity index (χ1n) is 8.08. The number of benzene rings is 1. The molecule has 0 saturated heterocycles. The number of carbonyl (C=O) groups is 1. The molecule has 1 aromatic carbocycles. The van der Waals surface area contributed by atoms with Gasteiger partial charge in [-0.2, -0.15) is 0 Å². The zero-order chi connectivity index (χ0) is 17.6. The Morgan fingerprint density at radius 3 is 2.96 bits per heavy atom. The van der Waals surface area contributed by atoms with Crippen molar-refractivity contribution in [3.63, 3.8) is 0 Å². The number of rotatable bonds is 3. The van der Waals surface area contributed by atoms with E-state index in [0.29, 0.717) is 11.4 Å². The molecule has 3 aromatic rings. The van der Waals surface area contributed by atoms with Gasteiger partial charge < -0.3 is 14.2 Å². The van der Waals surface area contributed by atoms with Crippen molar-refractivity contribution >= 4 is 22.9 Å². The molecule has 0 radical (unpaired) electrons. The number of anilines is 1. The molecule has 25 heavy (non-hydrogen) atoms. The highest BCUT2D eigenvalue weighted by Crippen LogP contribution is 2.39. The molecule has 0 bridgehead atoms. The summed E-state index contributed by atoms with van der Waals surface area (Å²) in [4.78, 5) is 15.9. The van der Waals surface area contributed by atoms with Crippen LogP contribution in [-0.2, 0) is 12.8 Å². The van der Waals surface area contributed by atoms with Gasteiger partial charge in [-0.25, -0.2) is 0 Å². The number of nitrogens with zero attached hydrogens (tertiary/aromatic N) is 2. The number of fused-ring (bicyclic) bond motifs is 3. The maximum absolute atomic E-state index is 13.1. The standard InChI is InChI=1S/C19H18N2O3S/c1-11-4-6-15(23-3)14(10-11)21(2)19(22)17-13-5-7-16-12(8-9-25-16)18(13)24-20-17/h4,6,8-10H,5,7H2,1-3H3. The van der Waals surface area contributed by atoms with Crippen LogP contribution in [0.4, 0.5) is 5.69 Å². The van der Waals surface area contributed by atoms with Crippen molar-refractivity contribution in [2.24, 2.45) is 0 Å². The van der Waals surface area contributed by atoms with Crippen molar-refractivity contribution in [2.45, 2.75) is 19.8 Å². The predicted molar refractivity (Wildman–Crippen MR) is 97.7 cm³/mol. The van der Waals surface area contributed by atoms with Gasteiger partial charge in [0.15, 0.2) is 11.5 Å². The molecular weight excluding hydrogens is 336 g/mol. The van der Waals surface area contributed by atoms with Crippen LogP contribution in [0.25, 0.3) is 11.3 Å². The number of hydrogen-bond donors (Lipinski definition) is 0. The summed E-state index contributed by atoms with van der Waals surface area (Å²) in [7, 11) is 3.34. The Balaban J connectivity index is 1.73. The van der Waals surface area contributed by atoms with E-state index in [4.69, 9.17) is 9.26 Å². The van der Waals surface area contributed by atoms with Gasteiger partial charge in [-0.05, 0) is 48.9 Å². The molecule has 0 unspecified atom stereocenters. The van der Waals surface area contributed by atoms with Crippen LogP contribution in [0.2, 0.25) is 0 Å². The van der Waals surface area contributed by atoms with Gasteiger partial charge >= 0.3 is 0 Å². The highest BCUT2D eigenvalue weighted by atomic mass is 32.1. The quantitative estimate of drug-likeness (QED) is 0.711. The summed E-state index contributed by atoms with van der Waals surface area (Å²) >= 11 is 1.72. The average molecular weight is 354 g/mol. The molecule has 0 N–H and O–H groups in total. The lowest BCUT2D eigenvalue weighted by Gasteiger charge is -2.20. The number of methoxy groups -OCH3 is 1. The van der Waals surface area contributed by atoms with Gasteiger partial charge in [0.05, 0.1) is 12.8 Å². The van der Waals surface area contributed by atoms with Crippen molar-refractivity contribution in [3.8, 4) is 17.1 Å². The Labute approximate surface area is 149 Å². The summed E-state index contributed by atoms with van der Waals surface area (Å²) in [5.41, 5.74) is 4.12. The Morgan fingerprint density at radius 1 is 1.32 bits per heavy atom. The van der Waals surface area contributed by atoms with E-state index in [9.17, 15) is 4.79 Å². The molecule has 0 atom stereocenters. The van der Waals surface area contributed by atoms with Crippen LogP contribution in [0.3, 0.4) is 0 Å². The predicted octanol–water partition coefficient (Wildman–Crippen LogP) is 4.10. The topological polar surface area (TPSA) is 55.6 Å². The lowest BCUT2D eigenvalue weighted by molar-refractivity contribution is 0.0983. The van der Waals surface area contributed by atoms with E-state index >= 15 is 0 Å². The monoisotopic (exact) mass is 354 g/mol. The van der Waals surface area contributed by atoms with E-state index in [1.54, 1.807) is 30.4 Å². The van der Waals surface area contributed by atoms with Gasteiger partial charge in [-0.3, -0.25) is 4.79 Å². The fourth-order valence-corrected chi connectivity index (χ4v) is 4.10. The van der Waals surface area contributed by atoms with Gasteiger partial charge in [-0.15, -0.1) is 11.3 Å². The molecule has 5 nitrogen and oxygen atoms in total. The number of aromatic nitrogens is 1. The number of ether oxygens (including phenoxy) is 1. The van der Waals surface area contributed by atoms with Crippen LogP contribution >= 0.6 is 11.3 Å². The fraction of sp³-hybridized carbons (Fsp3) is 0.263. The Kier molecular flexibility index (Phi) is 3.84. The second-order valence-electron chi connectivity index (χ2n) is 6.14. The Hall–Kier alpha value is -2.60. The zero-order valence-corrected chi connectivity index (χ0v) is 15.1. The maximum atomic E-state index is 13.1. The summed E-state index contributed by atoms with van der Waals surface area (Å²) in [5.74, 6) is 1.20. The molecule has 128 valence electrons. The molecule has 1 amide bonds. The largest absolute Gasteiger partial charge is 0.495 e. The van der Waals surface area contributed by atoms with Gasteiger partial charge in [0.25, 0.3) is 5.91 Å². The third-order valence-electron chi connectivity index (χ3n) is 4.58. The molecular formula is C19H18N2O3S. The summed E-state index contributed by atoms with van der Waals surface area (Å²) in [6, 6.07) is 7.78.